The third kappa shape index (κ3) is 7.00. The van der Waals surface area contributed by atoms with E-state index in [1.165, 1.54) is 0 Å². The van der Waals surface area contributed by atoms with Gasteiger partial charge in [0, 0.05) is 23.2 Å². The maximum atomic E-state index is 12.3. The van der Waals surface area contributed by atoms with Crippen molar-refractivity contribution in [3.8, 4) is 0 Å². The van der Waals surface area contributed by atoms with Gasteiger partial charge in [-0.2, -0.15) is 0 Å². The number of benzene rings is 2. The first kappa shape index (κ1) is 22.0. The Hall–Kier alpha value is -3.26. The minimum absolute atomic E-state index is 0.0196. The summed E-state index contributed by atoms with van der Waals surface area (Å²) >= 11 is 4.97. The van der Waals surface area contributed by atoms with Crippen LogP contribution in [0.1, 0.15) is 46.5 Å². The summed E-state index contributed by atoms with van der Waals surface area (Å²) in [5, 5.41) is 5.31. The number of hydrogen-bond acceptors (Lipinski definition) is 4. The SMILES string of the molecule is Cc1ccccc1C(=O)Nc1ccc(C(=O)NNC(=S)NC(=O)CC(C)C)cc1. The maximum Gasteiger partial charge on any atom is 0.269 e. The smallest absolute Gasteiger partial charge is 0.269 e. The van der Waals surface area contributed by atoms with Gasteiger partial charge < -0.3 is 10.6 Å². The van der Waals surface area contributed by atoms with Gasteiger partial charge in [0.1, 0.15) is 0 Å². The number of anilines is 1. The number of carbonyl (C=O) groups is 3. The third-order valence-corrected chi connectivity index (χ3v) is 4.13. The van der Waals surface area contributed by atoms with Gasteiger partial charge in [0.15, 0.2) is 5.11 Å². The zero-order valence-corrected chi connectivity index (χ0v) is 17.4. The van der Waals surface area contributed by atoms with Crippen molar-refractivity contribution in [2.24, 2.45) is 5.92 Å². The van der Waals surface area contributed by atoms with Gasteiger partial charge in [0.05, 0.1) is 0 Å². The molecule has 0 saturated carbocycles. The Morgan fingerprint density at radius 2 is 1.59 bits per heavy atom. The Labute approximate surface area is 175 Å². The molecule has 0 aromatic heterocycles. The molecule has 2 aromatic carbocycles. The zero-order valence-electron chi connectivity index (χ0n) is 16.5. The molecule has 0 aliphatic carbocycles. The van der Waals surface area contributed by atoms with Crippen LogP contribution in [0.4, 0.5) is 5.69 Å². The second-order valence-corrected chi connectivity index (χ2v) is 7.31. The van der Waals surface area contributed by atoms with E-state index in [1.54, 1.807) is 36.4 Å². The molecule has 29 heavy (non-hydrogen) atoms. The summed E-state index contributed by atoms with van der Waals surface area (Å²) in [6.07, 6.45) is 0.339. The lowest BCUT2D eigenvalue weighted by atomic mass is 10.1. The number of aryl methyl sites for hydroxylation is 1. The van der Waals surface area contributed by atoms with Gasteiger partial charge in [-0.3, -0.25) is 25.2 Å². The molecule has 3 amide bonds. The van der Waals surface area contributed by atoms with Gasteiger partial charge in [-0.15, -0.1) is 0 Å². The van der Waals surface area contributed by atoms with Gasteiger partial charge in [-0.05, 0) is 61.0 Å². The normalized spacial score (nSPS) is 10.2. The molecular weight excluding hydrogens is 388 g/mol. The van der Waals surface area contributed by atoms with Crippen molar-refractivity contribution in [2.75, 3.05) is 5.32 Å². The van der Waals surface area contributed by atoms with Crippen LogP contribution in [0.15, 0.2) is 48.5 Å². The van der Waals surface area contributed by atoms with E-state index >= 15 is 0 Å². The molecule has 0 heterocycles. The lowest BCUT2D eigenvalue weighted by Gasteiger charge is -2.12. The molecule has 0 atom stereocenters. The predicted octanol–water partition coefficient (Wildman–Crippen LogP) is 2.93. The van der Waals surface area contributed by atoms with Crippen LogP contribution in [-0.2, 0) is 4.79 Å². The quantitative estimate of drug-likeness (QED) is 0.447. The van der Waals surface area contributed by atoms with Gasteiger partial charge in [0.2, 0.25) is 5.91 Å². The van der Waals surface area contributed by atoms with Gasteiger partial charge in [0.25, 0.3) is 11.8 Å². The Balaban J connectivity index is 1.87. The van der Waals surface area contributed by atoms with E-state index in [4.69, 9.17) is 12.2 Å². The molecule has 0 spiro atoms. The molecule has 0 fully saturated rings. The third-order valence-electron chi connectivity index (χ3n) is 3.93. The molecule has 2 aromatic rings. The van der Waals surface area contributed by atoms with Crippen LogP contribution in [-0.4, -0.2) is 22.8 Å². The van der Waals surface area contributed by atoms with Gasteiger partial charge in [-0.25, -0.2) is 0 Å². The van der Waals surface area contributed by atoms with Crippen LogP contribution in [0, 0.1) is 12.8 Å². The molecule has 0 aliphatic rings. The molecule has 152 valence electrons. The van der Waals surface area contributed by atoms with Crippen molar-refractivity contribution in [1.29, 1.82) is 0 Å². The summed E-state index contributed by atoms with van der Waals surface area (Å²) in [6.45, 7) is 5.71. The first-order valence-electron chi connectivity index (χ1n) is 9.13. The lowest BCUT2D eigenvalue weighted by molar-refractivity contribution is -0.120. The fraction of sp³-hybridized carbons (Fsp3) is 0.238. The van der Waals surface area contributed by atoms with Crippen LogP contribution < -0.4 is 21.5 Å². The van der Waals surface area contributed by atoms with E-state index in [0.717, 1.165) is 5.56 Å². The van der Waals surface area contributed by atoms with E-state index in [1.807, 2.05) is 32.9 Å². The Kier molecular flexibility index (Phi) is 7.85. The average molecular weight is 413 g/mol. The number of thiocarbonyl (C=S) groups is 1. The summed E-state index contributed by atoms with van der Waals surface area (Å²) in [7, 11) is 0. The maximum absolute atomic E-state index is 12.3. The summed E-state index contributed by atoms with van der Waals surface area (Å²) in [5.74, 6) is -0.663. The topological polar surface area (TPSA) is 99.3 Å². The number of carbonyl (C=O) groups excluding carboxylic acids is 3. The van der Waals surface area contributed by atoms with Gasteiger partial charge in [-0.1, -0.05) is 32.0 Å². The summed E-state index contributed by atoms with van der Waals surface area (Å²) in [5.41, 5.74) is 7.31. The number of hydrazine groups is 1. The zero-order chi connectivity index (χ0) is 21.4. The van der Waals surface area contributed by atoms with E-state index in [0.29, 0.717) is 23.2 Å². The van der Waals surface area contributed by atoms with Crippen molar-refractivity contribution < 1.29 is 14.4 Å². The largest absolute Gasteiger partial charge is 0.322 e. The monoisotopic (exact) mass is 412 g/mol. The molecule has 4 N–H and O–H groups in total. The van der Waals surface area contributed by atoms with Crippen molar-refractivity contribution in [2.45, 2.75) is 27.2 Å². The highest BCUT2D eigenvalue weighted by Crippen LogP contribution is 2.13. The Bertz CT molecular complexity index is 910. The van der Waals surface area contributed by atoms with Crippen molar-refractivity contribution in [1.82, 2.24) is 16.2 Å². The lowest BCUT2D eigenvalue weighted by Crippen LogP contribution is -2.48. The fourth-order valence-electron chi connectivity index (χ4n) is 2.50. The van der Waals surface area contributed by atoms with Crippen LogP contribution in [0.5, 0.6) is 0 Å². The Morgan fingerprint density at radius 1 is 0.931 bits per heavy atom. The van der Waals surface area contributed by atoms with Crippen molar-refractivity contribution >= 4 is 40.7 Å². The van der Waals surface area contributed by atoms with Crippen molar-refractivity contribution in [3.05, 3.63) is 65.2 Å². The minimum Gasteiger partial charge on any atom is -0.322 e. The second-order valence-electron chi connectivity index (χ2n) is 6.90. The molecule has 2 rings (SSSR count). The van der Waals surface area contributed by atoms with Crippen LogP contribution >= 0.6 is 12.2 Å². The minimum atomic E-state index is -0.428. The highest BCUT2D eigenvalue weighted by molar-refractivity contribution is 7.80. The molecular formula is C21H24N4O3S. The first-order chi connectivity index (χ1) is 13.8. The number of nitrogens with one attached hydrogen (secondary N) is 4. The highest BCUT2D eigenvalue weighted by atomic mass is 32.1. The molecule has 0 aliphatic heterocycles. The van der Waals surface area contributed by atoms with Gasteiger partial charge >= 0.3 is 0 Å². The molecule has 7 nitrogen and oxygen atoms in total. The standard InChI is InChI=1S/C21H24N4O3S/c1-13(2)12-18(26)23-21(29)25-24-19(27)15-8-10-16(11-9-15)22-20(28)17-7-5-4-6-14(17)3/h4-11,13H,12H2,1-3H3,(H,22,28)(H,24,27)(H2,23,25,26,29). The van der Waals surface area contributed by atoms with E-state index in [-0.39, 0.29) is 22.8 Å². The summed E-state index contributed by atoms with van der Waals surface area (Å²) < 4.78 is 0. The summed E-state index contributed by atoms with van der Waals surface area (Å²) in [6, 6.07) is 13.7. The molecule has 0 radical (unpaired) electrons. The first-order valence-corrected chi connectivity index (χ1v) is 9.54. The van der Waals surface area contributed by atoms with E-state index < -0.39 is 5.91 Å². The molecule has 0 unspecified atom stereocenters. The number of amides is 3. The molecule has 0 saturated heterocycles. The van der Waals surface area contributed by atoms with Crippen LogP contribution in [0.3, 0.4) is 0 Å². The van der Waals surface area contributed by atoms with Crippen LogP contribution in [0.2, 0.25) is 0 Å². The predicted molar refractivity (Wildman–Crippen MR) is 116 cm³/mol. The number of rotatable bonds is 5. The van der Waals surface area contributed by atoms with E-state index in [9.17, 15) is 14.4 Å². The number of hydrogen-bond donors (Lipinski definition) is 4. The second kappa shape index (κ2) is 10.3. The molecule has 8 heteroatoms. The highest BCUT2D eigenvalue weighted by Gasteiger charge is 2.11. The van der Waals surface area contributed by atoms with Crippen molar-refractivity contribution in [3.63, 3.8) is 0 Å². The van der Waals surface area contributed by atoms with Crippen LogP contribution in [0.25, 0.3) is 0 Å². The molecule has 0 bridgehead atoms. The fourth-order valence-corrected chi connectivity index (χ4v) is 2.66. The average Bonchev–Trinajstić information content (AvgIpc) is 2.66. The van der Waals surface area contributed by atoms with E-state index in [2.05, 4.69) is 21.5 Å². The Morgan fingerprint density at radius 3 is 2.21 bits per heavy atom. The summed E-state index contributed by atoms with van der Waals surface area (Å²) in [4.78, 5) is 36.2.